The Hall–Kier alpha value is -1.27. The van der Waals surface area contributed by atoms with Crippen molar-refractivity contribution in [3.8, 4) is 5.75 Å². The molecule has 5 nitrogen and oxygen atoms in total. The van der Waals surface area contributed by atoms with Crippen LogP contribution in [0.4, 0.5) is 5.69 Å². The van der Waals surface area contributed by atoms with Gasteiger partial charge in [-0.15, -0.1) is 0 Å². The predicted octanol–water partition coefficient (Wildman–Crippen LogP) is 1.17. The van der Waals surface area contributed by atoms with Crippen LogP contribution in [0.15, 0.2) is 24.3 Å². The van der Waals surface area contributed by atoms with Gasteiger partial charge in [0, 0.05) is 12.3 Å². The number of benzene rings is 1. The summed E-state index contributed by atoms with van der Waals surface area (Å²) in [6.45, 7) is 2.47. The first-order valence-electron chi connectivity index (χ1n) is 4.91. The van der Waals surface area contributed by atoms with Crippen molar-refractivity contribution < 1.29 is 18.3 Å². The summed E-state index contributed by atoms with van der Waals surface area (Å²) in [7, 11) is -3.38. The summed E-state index contributed by atoms with van der Waals surface area (Å²) in [5.74, 6) is 0.0131. The molecule has 6 heteroatoms. The van der Waals surface area contributed by atoms with E-state index in [0.717, 1.165) is 0 Å². The average molecular weight is 245 g/mol. The van der Waals surface area contributed by atoms with Gasteiger partial charge >= 0.3 is 0 Å². The van der Waals surface area contributed by atoms with Crippen LogP contribution in [0.25, 0.3) is 0 Å². The Morgan fingerprint density at radius 3 is 2.50 bits per heavy atom. The molecule has 2 N–H and O–H groups in total. The molecule has 0 heterocycles. The van der Waals surface area contributed by atoms with Crippen molar-refractivity contribution in [1.82, 2.24) is 0 Å². The predicted molar refractivity (Wildman–Crippen MR) is 62.0 cm³/mol. The van der Waals surface area contributed by atoms with Gasteiger partial charge in [0.1, 0.15) is 5.75 Å². The molecule has 1 aromatic rings. The first kappa shape index (κ1) is 12.8. The monoisotopic (exact) mass is 245 g/mol. The third-order valence-corrected chi connectivity index (χ3v) is 3.09. The molecule has 0 amide bonds. The molecule has 1 rings (SSSR count). The fourth-order valence-corrected chi connectivity index (χ4v) is 2.01. The number of phenols is 1. The zero-order valence-electron chi connectivity index (χ0n) is 9.01. The Morgan fingerprint density at radius 1 is 1.31 bits per heavy atom. The highest BCUT2D eigenvalue weighted by atomic mass is 32.2. The van der Waals surface area contributed by atoms with E-state index in [0.29, 0.717) is 12.3 Å². The molecule has 0 bridgehead atoms. The van der Waals surface area contributed by atoms with Crippen LogP contribution in [-0.4, -0.2) is 32.5 Å². The Bertz CT molecular complexity index is 413. The summed E-state index contributed by atoms with van der Waals surface area (Å²) in [5.41, 5.74) is 0.425. The smallest absolute Gasteiger partial charge is 0.234 e. The highest BCUT2D eigenvalue weighted by Gasteiger charge is 2.09. The lowest BCUT2D eigenvalue weighted by Crippen LogP contribution is -2.20. The minimum Gasteiger partial charge on any atom is -0.508 e. The number of nitrogens with one attached hydrogen (secondary N) is 1. The standard InChI is InChI=1S/C10H15NO4S/c1-2-15-7-8-16(13,14)11-9-3-5-10(12)6-4-9/h3-6,11-12H,2,7-8H2,1H3. The van der Waals surface area contributed by atoms with Crippen LogP contribution >= 0.6 is 0 Å². The van der Waals surface area contributed by atoms with Gasteiger partial charge in [-0.3, -0.25) is 4.72 Å². The second-order valence-corrected chi connectivity index (χ2v) is 5.01. The summed E-state index contributed by atoms with van der Waals surface area (Å²) in [5, 5.41) is 9.03. The van der Waals surface area contributed by atoms with Crippen molar-refractivity contribution >= 4 is 15.7 Å². The number of hydrogen-bond acceptors (Lipinski definition) is 4. The van der Waals surface area contributed by atoms with Crippen LogP contribution in [0.3, 0.4) is 0 Å². The van der Waals surface area contributed by atoms with Gasteiger partial charge in [-0.1, -0.05) is 0 Å². The number of ether oxygens (including phenoxy) is 1. The Kier molecular flexibility index (Phi) is 4.57. The molecule has 1 aromatic carbocycles. The number of hydrogen-bond donors (Lipinski definition) is 2. The van der Waals surface area contributed by atoms with Crippen LogP contribution in [0, 0.1) is 0 Å². The molecular formula is C10H15NO4S. The molecule has 0 saturated heterocycles. The van der Waals surface area contributed by atoms with Crippen molar-refractivity contribution in [2.75, 3.05) is 23.7 Å². The van der Waals surface area contributed by atoms with Crippen LogP contribution in [0.1, 0.15) is 6.92 Å². The second kappa shape index (κ2) is 5.72. The Labute approximate surface area is 95.1 Å². The van der Waals surface area contributed by atoms with E-state index in [-0.39, 0.29) is 18.1 Å². The van der Waals surface area contributed by atoms with Gasteiger partial charge in [-0.25, -0.2) is 8.42 Å². The quantitative estimate of drug-likeness (QED) is 0.582. The van der Waals surface area contributed by atoms with Crippen LogP contribution in [0.5, 0.6) is 5.75 Å². The largest absolute Gasteiger partial charge is 0.508 e. The number of phenolic OH excluding ortho intramolecular Hbond substituents is 1. The maximum absolute atomic E-state index is 11.5. The van der Waals surface area contributed by atoms with E-state index in [1.54, 1.807) is 6.92 Å². The Morgan fingerprint density at radius 2 is 1.94 bits per heavy atom. The number of sulfonamides is 1. The van der Waals surface area contributed by atoms with Gasteiger partial charge < -0.3 is 9.84 Å². The van der Waals surface area contributed by atoms with Gasteiger partial charge in [0.05, 0.1) is 12.4 Å². The van der Waals surface area contributed by atoms with E-state index in [9.17, 15) is 8.42 Å². The van der Waals surface area contributed by atoms with E-state index in [4.69, 9.17) is 9.84 Å². The SMILES string of the molecule is CCOCCS(=O)(=O)Nc1ccc(O)cc1. The molecule has 0 aliphatic carbocycles. The lowest BCUT2D eigenvalue weighted by Gasteiger charge is -2.07. The lowest BCUT2D eigenvalue weighted by atomic mass is 10.3. The number of anilines is 1. The maximum atomic E-state index is 11.5. The third kappa shape index (κ3) is 4.50. The van der Waals surface area contributed by atoms with E-state index in [1.165, 1.54) is 24.3 Å². The second-order valence-electron chi connectivity index (χ2n) is 3.16. The van der Waals surface area contributed by atoms with Crippen LogP contribution < -0.4 is 4.72 Å². The molecule has 0 radical (unpaired) electrons. The fraction of sp³-hybridized carbons (Fsp3) is 0.400. The van der Waals surface area contributed by atoms with Gasteiger partial charge in [0.25, 0.3) is 0 Å². The Balaban J connectivity index is 2.55. The average Bonchev–Trinajstić information content (AvgIpc) is 2.21. The van der Waals surface area contributed by atoms with Gasteiger partial charge in [-0.05, 0) is 31.2 Å². The summed E-state index contributed by atoms with van der Waals surface area (Å²) in [6, 6.07) is 5.82. The molecule has 0 spiro atoms. The zero-order chi connectivity index (χ0) is 12.0. The molecule has 0 saturated carbocycles. The topological polar surface area (TPSA) is 75.6 Å². The molecule has 0 aromatic heterocycles. The molecule has 0 aliphatic heterocycles. The van der Waals surface area contributed by atoms with Crippen LogP contribution in [-0.2, 0) is 14.8 Å². The fourth-order valence-electron chi connectivity index (χ4n) is 1.07. The number of aromatic hydroxyl groups is 1. The van der Waals surface area contributed by atoms with Gasteiger partial charge in [0.15, 0.2) is 0 Å². The summed E-state index contributed by atoms with van der Waals surface area (Å²) >= 11 is 0. The minimum atomic E-state index is -3.38. The van der Waals surface area contributed by atoms with Crippen molar-refractivity contribution in [2.45, 2.75) is 6.92 Å². The number of rotatable bonds is 6. The molecule has 0 fully saturated rings. The highest BCUT2D eigenvalue weighted by Crippen LogP contribution is 2.14. The van der Waals surface area contributed by atoms with Gasteiger partial charge in [0.2, 0.25) is 10.0 Å². The summed E-state index contributed by atoms with van der Waals surface area (Å²) in [4.78, 5) is 0. The maximum Gasteiger partial charge on any atom is 0.234 e. The lowest BCUT2D eigenvalue weighted by molar-refractivity contribution is 0.163. The van der Waals surface area contributed by atoms with E-state index < -0.39 is 10.0 Å². The normalized spacial score (nSPS) is 11.3. The van der Waals surface area contributed by atoms with Crippen molar-refractivity contribution in [1.29, 1.82) is 0 Å². The zero-order valence-corrected chi connectivity index (χ0v) is 9.83. The van der Waals surface area contributed by atoms with Crippen molar-refractivity contribution in [3.05, 3.63) is 24.3 Å². The first-order chi connectivity index (χ1) is 7.53. The van der Waals surface area contributed by atoms with Gasteiger partial charge in [-0.2, -0.15) is 0 Å². The van der Waals surface area contributed by atoms with Crippen LogP contribution in [0.2, 0.25) is 0 Å². The molecule has 16 heavy (non-hydrogen) atoms. The summed E-state index contributed by atoms with van der Waals surface area (Å²) < 4.78 is 30.4. The molecule has 90 valence electrons. The van der Waals surface area contributed by atoms with E-state index in [1.807, 2.05) is 0 Å². The molecule has 0 atom stereocenters. The van der Waals surface area contributed by atoms with E-state index >= 15 is 0 Å². The molecular weight excluding hydrogens is 230 g/mol. The molecule has 0 aliphatic rings. The minimum absolute atomic E-state index is 0.0816. The first-order valence-corrected chi connectivity index (χ1v) is 6.56. The van der Waals surface area contributed by atoms with E-state index in [2.05, 4.69) is 4.72 Å². The third-order valence-electron chi connectivity index (χ3n) is 1.84. The molecule has 0 unspecified atom stereocenters. The highest BCUT2D eigenvalue weighted by molar-refractivity contribution is 7.92. The van der Waals surface area contributed by atoms with Crippen molar-refractivity contribution in [2.24, 2.45) is 0 Å². The van der Waals surface area contributed by atoms with Crippen molar-refractivity contribution in [3.63, 3.8) is 0 Å². The summed E-state index contributed by atoms with van der Waals surface area (Å²) in [6.07, 6.45) is 0.